The van der Waals surface area contributed by atoms with Crippen molar-refractivity contribution in [3.63, 3.8) is 0 Å². The highest BCUT2D eigenvalue weighted by Crippen LogP contribution is 2.27. The van der Waals surface area contributed by atoms with Gasteiger partial charge >= 0.3 is 0 Å². The molecule has 0 bridgehead atoms. The van der Waals surface area contributed by atoms with E-state index in [0.29, 0.717) is 25.0 Å². The zero-order chi connectivity index (χ0) is 12.5. The van der Waals surface area contributed by atoms with Crippen LogP contribution in [0, 0.1) is 5.92 Å². The lowest BCUT2D eigenvalue weighted by atomic mass is 9.89. The summed E-state index contributed by atoms with van der Waals surface area (Å²) in [4.78, 5) is 0. The van der Waals surface area contributed by atoms with Crippen molar-refractivity contribution in [1.82, 2.24) is 9.62 Å². The fraction of sp³-hybridized carbons (Fsp3) is 1.00. The Bertz CT molecular complexity index is 340. The van der Waals surface area contributed by atoms with E-state index in [4.69, 9.17) is 0 Å². The van der Waals surface area contributed by atoms with Gasteiger partial charge in [0.2, 0.25) is 10.0 Å². The van der Waals surface area contributed by atoms with Crippen molar-refractivity contribution < 1.29 is 8.42 Å². The molecule has 100 valence electrons. The molecule has 2 saturated heterocycles. The van der Waals surface area contributed by atoms with Crippen LogP contribution in [0.5, 0.6) is 0 Å². The van der Waals surface area contributed by atoms with Crippen molar-refractivity contribution in [3.05, 3.63) is 0 Å². The van der Waals surface area contributed by atoms with Crippen LogP contribution in [0.4, 0.5) is 0 Å². The third-order valence-electron chi connectivity index (χ3n) is 4.12. The molecule has 0 amide bonds. The average Bonchev–Trinajstić information content (AvgIpc) is 2.82. The van der Waals surface area contributed by atoms with Crippen molar-refractivity contribution in [2.75, 3.05) is 19.6 Å². The van der Waals surface area contributed by atoms with Gasteiger partial charge in [-0.15, -0.1) is 0 Å². The Morgan fingerprint density at radius 3 is 2.29 bits per heavy atom. The molecule has 2 aliphatic heterocycles. The van der Waals surface area contributed by atoms with Crippen molar-refractivity contribution in [2.24, 2.45) is 5.92 Å². The fourth-order valence-electron chi connectivity index (χ4n) is 2.94. The minimum absolute atomic E-state index is 0.288. The molecule has 0 aromatic heterocycles. The Balaban J connectivity index is 1.89. The van der Waals surface area contributed by atoms with Gasteiger partial charge in [-0.1, -0.05) is 0 Å². The minimum Gasteiger partial charge on any atom is -0.314 e. The third kappa shape index (κ3) is 2.83. The molecule has 0 radical (unpaired) electrons. The van der Waals surface area contributed by atoms with Crippen LogP contribution < -0.4 is 5.32 Å². The zero-order valence-corrected chi connectivity index (χ0v) is 11.7. The highest BCUT2D eigenvalue weighted by Gasteiger charge is 2.33. The van der Waals surface area contributed by atoms with E-state index in [1.54, 1.807) is 18.2 Å². The van der Waals surface area contributed by atoms with E-state index in [1.165, 1.54) is 12.8 Å². The lowest BCUT2D eigenvalue weighted by Crippen LogP contribution is -2.45. The predicted octanol–water partition coefficient (Wildman–Crippen LogP) is 1.19. The normalized spacial score (nSPS) is 29.0. The lowest BCUT2D eigenvalue weighted by Gasteiger charge is -2.35. The van der Waals surface area contributed by atoms with Crippen molar-refractivity contribution in [2.45, 2.75) is 50.8 Å². The molecule has 0 aliphatic carbocycles. The number of rotatable bonds is 3. The maximum Gasteiger partial charge on any atom is 0.216 e. The molecule has 0 aromatic rings. The summed E-state index contributed by atoms with van der Waals surface area (Å²) in [5, 5.41) is 3.25. The maximum atomic E-state index is 12.0. The van der Waals surface area contributed by atoms with Crippen LogP contribution in [-0.2, 0) is 10.0 Å². The highest BCUT2D eigenvalue weighted by atomic mass is 32.2. The number of piperidine rings is 1. The Kier molecular flexibility index (Phi) is 4.10. The van der Waals surface area contributed by atoms with E-state index in [9.17, 15) is 8.42 Å². The number of hydrogen-bond acceptors (Lipinski definition) is 3. The Labute approximate surface area is 105 Å². The van der Waals surface area contributed by atoms with Crippen LogP contribution in [0.25, 0.3) is 0 Å². The van der Waals surface area contributed by atoms with Crippen LogP contribution in [0.2, 0.25) is 0 Å². The molecule has 17 heavy (non-hydrogen) atoms. The van der Waals surface area contributed by atoms with Gasteiger partial charge in [-0.3, -0.25) is 0 Å². The zero-order valence-electron chi connectivity index (χ0n) is 10.9. The number of sulfonamides is 1. The molecule has 1 atom stereocenters. The average molecular weight is 260 g/mol. The largest absolute Gasteiger partial charge is 0.314 e. The van der Waals surface area contributed by atoms with Gasteiger partial charge in [-0.05, 0) is 52.0 Å². The summed E-state index contributed by atoms with van der Waals surface area (Å²) in [7, 11) is -3.03. The Hall–Kier alpha value is -0.130. The lowest BCUT2D eigenvalue weighted by molar-refractivity contribution is 0.233. The van der Waals surface area contributed by atoms with Crippen LogP contribution in [0.3, 0.4) is 0 Å². The first kappa shape index (κ1) is 13.3. The summed E-state index contributed by atoms with van der Waals surface area (Å²) < 4.78 is 25.7. The quantitative estimate of drug-likeness (QED) is 0.829. The van der Waals surface area contributed by atoms with Gasteiger partial charge in [0.25, 0.3) is 0 Å². The summed E-state index contributed by atoms with van der Waals surface area (Å²) in [6.45, 7) is 6.09. The maximum absolute atomic E-state index is 12.0. The Morgan fingerprint density at radius 2 is 1.82 bits per heavy atom. The third-order valence-corrected chi connectivity index (χ3v) is 6.40. The molecule has 1 N–H and O–H groups in total. The fourth-order valence-corrected chi connectivity index (χ4v) is 4.26. The molecule has 0 spiro atoms. The van der Waals surface area contributed by atoms with E-state index >= 15 is 0 Å². The molecule has 2 rings (SSSR count). The topological polar surface area (TPSA) is 49.4 Å². The second kappa shape index (κ2) is 5.24. The van der Waals surface area contributed by atoms with Crippen molar-refractivity contribution in [3.8, 4) is 0 Å². The monoisotopic (exact) mass is 260 g/mol. The second-order valence-electron chi connectivity index (χ2n) is 5.53. The minimum atomic E-state index is -3.03. The molecule has 0 aromatic carbocycles. The summed E-state index contributed by atoms with van der Waals surface area (Å²) in [6, 6.07) is 0.638. The van der Waals surface area contributed by atoms with Gasteiger partial charge in [-0.25, -0.2) is 12.7 Å². The molecule has 2 heterocycles. The first-order chi connectivity index (χ1) is 8.01. The van der Waals surface area contributed by atoms with E-state index < -0.39 is 10.0 Å². The molecule has 0 saturated carbocycles. The van der Waals surface area contributed by atoms with E-state index in [0.717, 1.165) is 19.4 Å². The van der Waals surface area contributed by atoms with E-state index in [1.807, 2.05) is 0 Å². The molecule has 2 fully saturated rings. The number of nitrogens with zero attached hydrogens (tertiary/aromatic N) is 1. The summed E-state index contributed by atoms with van der Waals surface area (Å²) in [5.74, 6) is 0.677. The summed E-state index contributed by atoms with van der Waals surface area (Å²) >= 11 is 0. The van der Waals surface area contributed by atoms with Crippen molar-refractivity contribution in [1.29, 1.82) is 0 Å². The SMILES string of the molecule is CC(C)S(=O)(=O)N1CCC(C2CCCN2)CC1. The molecular weight excluding hydrogens is 236 g/mol. The van der Waals surface area contributed by atoms with Gasteiger partial charge in [-0.2, -0.15) is 0 Å². The first-order valence-electron chi connectivity index (χ1n) is 6.74. The molecule has 2 aliphatic rings. The van der Waals surface area contributed by atoms with E-state index in [-0.39, 0.29) is 5.25 Å². The van der Waals surface area contributed by atoms with Crippen LogP contribution in [-0.4, -0.2) is 43.6 Å². The number of hydrogen-bond donors (Lipinski definition) is 1. The molecule has 4 nitrogen and oxygen atoms in total. The van der Waals surface area contributed by atoms with Crippen LogP contribution in [0.15, 0.2) is 0 Å². The van der Waals surface area contributed by atoms with Gasteiger partial charge in [0, 0.05) is 19.1 Å². The first-order valence-corrected chi connectivity index (χ1v) is 8.24. The van der Waals surface area contributed by atoms with E-state index in [2.05, 4.69) is 5.32 Å². The molecular formula is C12H24N2O2S. The predicted molar refractivity (Wildman–Crippen MR) is 69.4 cm³/mol. The standard InChI is InChI=1S/C12H24N2O2S/c1-10(2)17(15,16)14-8-5-11(6-9-14)12-4-3-7-13-12/h10-13H,3-9H2,1-2H3. The van der Waals surface area contributed by atoms with Gasteiger partial charge < -0.3 is 5.32 Å². The van der Waals surface area contributed by atoms with Gasteiger partial charge in [0.1, 0.15) is 0 Å². The van der Waals surface area contributed by atoms with Gasteiger partial charge in [0.15, 0.2) is 0 Å². The highest BCUT2D eigenvalue weighted by molar-refractivity contribution is 7.89. The summed E-state index contributed by atoms with van der Waals surface area (Å²) in [5.41, 5.74) is 0. The van der Waals surface area contributed by atoms with Crippen LogP contribution in [0.1, 0.15) is 39.5 Å². The molecule has 1 unspecified atom stereocenters. The number of nitrogens with one attached hydrogen (secondary N) is 1. The smallest absolute Gasteiger partial charge is 0.216 e. The molecule has 5 heteroatoms. The Morgan fingerprint density at radius 1 is 1.18 bits per heavy atom. The summed E-state index contributed by atoms with van der Waals surface area (Å²) in [6.07, 6.45) is 4.57. The second-order valence-corrected chi connectivity index (χ2v) is 8.02. The van der Waals surface area contributed by atoms with Gasteiger partial charge in [0.05, 0.1) is 5.25 Å². The van der Waals surface area contributed by atoms with Crippen molar-refractivity contribution >= 4 is 10.0 Å². The van der Waals surface area contributed by atoms with Crippen LogP contribution >= 0.6 is 0 Å².